The van der Waals surface area contributed by atoms with Crippen molar-refractivity contribution in [2.75, 3.05) is 5.73 Å². The third kappa shape index (κ3) is 3.40. The Bertz CT molecular complexity index is 664. The molecular weight excluding hydrogens is 281 g/mol. The zero-order chi connectivity index (χ0) is 11.7. The van der Waals surface area contributed by atoms with Crippen LogP contribution >= 0.6 is 24.8 Å². The summed E-state index contributed by atoms with van der Waals surface area (Å²) in [6, 6.07) is 14.3. The van der Waals surface area contributed by atoms with Gasteiger partial charge in [0.15, 0.2) is 0 Å². The average Bonchev–Trinajstić information content (AvgIpc) is 2.76. The highest BCUT2D eigenvalue weighted by atomic mass is 35.5. The summed E-state index contributed by atoms with van der Waals surface area (Å²) in [4.78, 5) is 7.33. The predicted molar refractivity (Wildman–Crippen MR) is 84.3 cm³/mol. The van der Waals surface area contributed by atoms with Crippen molar-refractivity contribution in [2.45, 2.75) is 6.42 Å². The number of fused-ring (bicyclic) bond motifs is 1. The van der Waals surface area contributed by atoms with E-state index >= 15 is 0 Å². The Balaban J connectivity index is 0.000000902. The Kier molecular flexibility index (Phi) is 5.21. The van der Waals surface area contributed by atoms with Crippen molar-refractivity contribution < 1.29 is 0 Å². The summed E-state index contributed by atoms with van der Waals surface area (Å²) in [5.74, 6) is 0. The lowest BCUT2D eigenvalue weighted by Gasteiger charge is -2.03. The summed E-state index contributed by atoms with van der Waals surface area (Å²) in [5, 5.41) is 0. The highest BCUT2D eigenvalue weighted by Crippen LogP contribution is 2.16. The molecule has 19 heavy (non-hydrogen) atoms. The topological polar surface area (TPSA) is 54.7 Å². The average molecular weight is 296 g/mol. The molecule has 1 heterocycles. The second-order valence-corrected chi connectivity index (χ2v) is 4.18. The summed E-state index contributed by atoms with van der Waals surface area (Å²) in [6.45, 7) is 0. The zero-order valence-corrected chi connectivity index (χ0v) is 11.8. The van der Waals surface area contributed by atoms with E-state index in [9.17, 15) is 0 Å². The van der Waals surface area contributed by atoms with Crippen LogP contribution in [-0.2, 0) is 6.42 Å². The van der Waals surface area contributed by atoms with E-state index in [1.54, 1.807) is 6.33 Å². The van der Waals surface area contributed by atoms with Crippen LogP contribution in [0.4, 0.5) is 5.69 Å². The standard InChI is InChI=1S/C14H13N3.2ClH/c15-12-3-1-2-10(7-12)6-11-4-5-13-14(8-11)17-9-16-13;;/h1-5,7-9H,6,15H2,(H,16,17);2*1H. The van der Waals surface area contributed by atoms with Crippen molar-refractivity contribution in [2.24, 2.45) is 0 Å². The minimum absolute atomic E-state index is 0. The van der Waals surface area contributed by atoms with Gasteiger partial charge >= 0.3 is 0 Å². The second-order valence-electron chi connectivity index (χ2n) is 4.18. The molecule has 100 valence electrons. The quantitative estimate of drug-likeness (QED) is 0.710. The minimum Gasteiger partial charge on any atom is -0.399 e. The maximum Gasteiger partial charge on any atom is 0.0931 e. The van der Waals surface area contributed by atoms with Crippen molar-refractivity contribution in [3.05, 3.63) is 59.9 Å². The summed E-state index contributed by atoms with van der Waals surface area (Å²) in [7, 11) is 0. The van der Waals surface area contributed by atoms with Crippen molar-refractivity contribution in [1.82, 2.24) is 9.97 Å². The van der Waals surface area contributed by atoms with E-state index in [4.69, 9.17) is 5.73 Å². The number of anilines is 1. The van der Waals surface area contributed by atoms with Crippen LogP contribution in [0.3, 0.4) is 0 Å². The molecule has 3 nitrogen and oxygen atoms in total. The SMILES string of the molecule is Cl.Cl.Nc1cccc(Cc2ccc3nc[nH]c3c2)c1. The lowest BCUT2D eigenvalue weighted by molar-refractivity contribution is 1.20. The van der Waals surface area contributed by atoms with E-state index in [0.717, 1.165) is 23.1 Å². The summed E-state index contributed by atoms with van der Waals surface area (Å²) in [6.07, 6.45) is 2.61. The number of halogens is 2. The van der Waals surface area contributed by atoms with E-state index in [0.29, 0.717) is 0 Å². The molecule has 3 N–H and O–H groups in total. The monoisotopic (exact) mass is 295 g/mol. The van der Waals surface area contributed by atoms with E-state index < -0.39 is 0 Å². The molecule has 0 radical (unpaired) electrons. The van der Waals surface area contributed by atoms with Gasteiger partial charge in [0.1, 0.15) is 0 Å². The third-order valence-corrected chi connectivity index (χ3v) is 2.84. The van der Waals surface area contributed by atoms with Gasteiger partial charge in [-0.2, -0.15) is 0 Å². The smallest absolute Gasteiger partial charge is 0.0931 e. The molecule has 0 fully saturated rings. The number of imidazole rings is 1. The maximum atomic E-state index is 5.77. The van der Waals surface area contributed by atoms with Gasteiger partial charge in [0, 0.05) is 5.69 Å². The first-order valence-electron chi connectivity index (χ1n) is 5.58. The van der Waals surface area contributed by atoms with Crippen LogP contribution in [0.15, 0.2) is 48.8 Å². The highest BCUT2D eigenvalue weighted by molar-refractivity contribution is 5.85. The number of aromatic amines is 1. The molecule has 3 aromatic rings. The molecular formula is C14H15Cl2N3. The van der Waals surface area contributed by atoms with Gasteiger partial charge in [0.2, 0.25) is 0 Å². The normalized spacial score (nSPS) is 9.68. The Labute approximate surface area is 124 Å². The number of nitrogens with one attached hydrogen (secondary N) is 1. The van der Waals surface area contributed by atoms with Gasteiger partial charge in [0.25, 0.3) is 0 Å². The largest absolute Gasteiger partial charge is 0.399 e. The predicted octanol–water partition coefficient (Wildman–Crippen LogP) is 3.58. The first-order chi connectivity index (χ1) is 8.31. The second kappa shape index (κ2) is 6.45. The van der Waals surface area contributed by atoms with Gasteiger partial charge in [-0.1, -0.05) is 18.2 Å². The molecule has 0 bridgehead atoms. The third-order valence-electron chi connectivity index (χ3n) is 2.84. The highest BCUT2D eigenvalue weighted by Gasteiger charge is 2.00. The summed E-state index contributed by atoms with van der Waals surface area (Å²) in [5.41, 5.74) is 11.1. The van der Waals surface area contributed by atoms with Crippen LogP contribution in [0.2, 0.25) is 0 Å². The first-order valence-corrected chi connectivity index (χ1v) is 5.58. The molecule has 0 saturated heterocycles. The molecule has 3 rings (SSSR count). The number of rotatable bonds is 2. The fourth-order valence-electron chi connectivity index (χ4n) is 2.03. The zero-order valence-electron chi connectivity index (χ0n) is 10.2. The fourth-order valence-corrected chi connectivity index (χ4v) is 2.03. The van der Waals surface area contributed by atoms with Gasteiger partial charge in [-0.15, -0.1) is 24.8 Å². The number of hydrogen-bond donors (Lipinski definition) is 2. The van der Waals surface area contributed by atoms with Crippen molar-refractivity contribution in [3.63, 3.8) is 0 Å². The van der Waals surface area contributed by atoms with Crippen LogP contribution in [0, 0.1) is 0 Å². The number of nitrogen functional groups attached to an aromatic ring is 1. The van der Waals surface area contributed by atoms with E-state index in [-0.39, 0.29) is 24.8 Å². The van der Waals surface area contributed by atoms with Crippen LogP contribution in [-0.4, -0.2) is 9.97 Å². The molecule has 0 atom stereocenters. The van der Waals surface area contributed by atoms with E-state index in [1.807, 2.05) is 24.3 Å². The van der Waals surface area contributed by atoms with Gasteiger partial charge in [-0.05, 0) is 41.8 Å². The summed E-state index contributed by atoms with van der Waals surface area (Å²) < 4.78 is 0. The number of aromatic nitrogens is 2. The maximum absolute atomic E-state index is 5.77. The van der Waals surface area contributed by atoms with Crippen molar-refractivity contribution >= 4 is 41.5 Å². The molecule has 0 unspecified atom stereocenters. The van der Waals surface area contributed by atoms with Crippen LogP contribution < -0.4 is 5.73 Å². The van der Waals surface area contributed by atoms with Crippen molar-refractivity contribution in [1.29, 1.82) is 0 Å². The molecule has 0 saturated carbocycles. The van der Waals surface area contributed by atoms with Crippen LogP contribution in [0.5, 0.6) is 0 Å². The van der Waals surface area contributed by atoms with Crippen LogP contribution in [0.25, 0.3) is 11.0 Å². The Morgan fingerprint density at radius 2 is 1.79 bits per heavy atom. The first kappa shape index (κ1) is 15.3. The number of nitrogens with two attached hydrogens (primary N) is 1. The van der Waals surface area contributed by atoms with Gasteiger partial charge < -0.3 is 10.7 Å². The fraction of sp³-hybridized carbons (Fsp3) is 0.0714. The molecule has 5 heteroatoms. The van der Waals surface area contributed by atoms with Gasteiger partial charge in [-0.25, -0.2) is 4.98 Å². The molecule has 2 aromatic carbocycles. The number of nitrogens with zero attached hydrogens (tertiary/aromatic N) is 1. The Morgan fingerprint density at radius 1 is 1.00 bits per heavy atom. The number of benzene rings is 2. The lowest BCUT2D eigenvalue weighted by Crippen LogP contribution is -1.91. The number of hydrogen-bond acceptors (Lipinski definition) is 2. The Hall–Kier alpha value is -1.71. The number of H-pyrrole nitrogens is 1. The van der Waals surface area contributed by atoms with Crippen molar-refractivity contribution in [3.8, 4) is 0 Å². The molecule has 0 spiro atoms. The van der Waals surface area contributed by atoms with Crippen LogP contribution in [0.1, 0.15) is 11.1 Å². The molecule has 0 aliphatic carbocycles. The minimum atomic E-state index is 0. The summed E-state index contributed by atoms with van der Waals surface area (Å²) >= 11 is 0. The van der Waals surface area contributed by atoms with Gasteiger partial charge in [-0.3, -0.25) is 0 Å². The molecule has 0 aliphatic heterocycles. The van der Waals surface area contributed by atoms with E-state index in [2.05, 4.69) is 28.2 Å². The van der Waals surface area contributed by atoms with Gasteiger partial charge in [0.05, 0.1) is 17.4 Å². The molecule has 1 aromatic heterocycles. The Morgan fingerprint density at radius 3 is 2.58 bits per heavy atom. The molecule has 0 amide bonds. The van der Waals surface area contributed by atoms with E-state index in [1.165, 1.54) is 11.1 Å². The lowest BCUT2D eigenvalue weighted by atomic mass is 10.0. The molecule has 0 aliphatic rings.